The van der Waals surface area contributed by atoms with Crippen LogP contribution in [0.5, 0.6) is 0 Å². The third-order valence-corrected chi connectivity index (χ3v) is 5.35. The number of ether oxygens (including phenoxy) is 1. The van der Waals surface area contributed by atoms with Crippen molar-refractivity contribution in [2.24, 2.45) is 0 Å². The fraction of sp³-hybridized carbons (Fsp3) is 0.556. The molecule has 1 unspecified atom stereocenters. The second-order valence-corrected chi connectivity index (χ2v) is 6.84. The number of carbonyl (C=O) groups excluding carboxylic acids is 2. The molecule has 3 heterocycles. The molecule has 25 heavy (non-hydrogen) atoms. The fourth-order valence-corrected chi connectivity index (χ4v) is 3.93. The maximum atomic E-state index is 12.5. The first kappa shape index (κ1) is 16.4. The van der Waals surface area contributed by atoms with Crippen molar-refractivity contribution < 1.29 is 14.3 Å². The van der Waals surface area contributed by atoms with Gasteiger partial charge in [0.1, 0.15) is 0 Å². The second kappa shape index (κ2) is 7.01. The van der Waals surface area contributed by atoms with Crippen LogP contribution in [0.2, 0.25) is 0 Å². The number of nitrogens with zero attached hydrogens (tertiary/aromatic N) is 2. The lowest BCUT2D eigenvalue weighted by Crippen LogP contribution is -2.52. The molecule has 1 aromatic carbocycles. The first-order chi connectivity index (χ1) is 12.2. The molecule has 1 atom stereocenters. The largest absolute Gasteiger partial charge is 0.431 e. The molecule has 0 bridgehead atoms. The molecular formula is C18H24N4O3. The molecule has 2 amide bonds. The van der Waals surface area contributed by atoms with E-state index in [1.165, 1.54) is 0 Å². The van der Waals surface area contributed by atoms with E-state index < -0.39 is 12.2 Å². The molecule has 2 saturated heterocycles. The third-order valence-electron chi connectivity index (χ3n) is 5.35. The second-order valence-electron chi connectivity index (χ2n) is 6.84. The van der Waals surface area contributed by atoms with Crippen molar-refractivity contribution in [3.8, 4) is 0 Å². The number of piperazine rings is 1. The van der Waals surface area contributed by atoms with Gasteiger partial charge in [-0.05, 0) is 18.9 Å². The zero-order valence-corrected chi connectivity index (χ0v) is 14.2. The molecule has 134 valence electrons. The molecule has 0 saturated carbocycles. The maximum Gasteiger partial charge on any atom is 0.410 e. The SMILES string of the molecule is O=C1Nc2ccccc2C1OC(=O)N1CCC(N2CCNCC2)CC1. The Morgan fingerprint density at radius 2 is 1.80 bits per heavy atom. The standard InChI is InChI=1S/C18H24N4O3/c23-17-16(14-3-1-2-4-15(14)20-17)25-18(24)22-9-5-13(6-10-22)21-11-7-19-8-12-21/h1-4,13,16,19H,5-12H2,(H,20,23). The van der Waals surface area contributed by atoms with Crippen molar-refractivity contribution in [3.63, 3.8) is 0 Å². The summed E-state index contributed by atoms with van der Waals surface area (Å²) < 4.78 is 5.52. The van der Waals surface area contributed by atoms with Crippen molar-refractivity contribution in [1.29, 1.82) is 0 Å². The van der Waals surface area contributed by atoms with Crippen LogP contribution in [0, 0.1) is 0 Å². The molecule has 3 aliphatic heterocycles. The van der Waals surface area contributed by atoms with Crippen LogP contribution in [0.3, 0.4) is 0 Å². The van der Waals surface area contributed by atoms with E-state index in [0.29, 0.717) is 19.1 Å². The summed E-state index contributed by atoms with van der Waals surface area (Å²) in [6, 6.07) is 7.88. The number of rotatable bonds is 2. The number of anilines is 1. The minimum Gasteiger partial charge on any atom is -0.431 e. The molecular weight excluding hydrogens is 320 g/mol. The van der Waals surface area contributed by atoms with Crippen molar-refractivity contribution in [3.05, 3.63) is 29.8 Å². The topological polar surface area (TPSA) is 73.9 Å². The average molecular weight is 344 g/mol. The first-order valence-electron chi connectivity index (χ1n) is 9.02. The predicted molar refractivity (Wildman–Crippen MR) is 93.3 cm³/mol. The molecule has 7 heteroatoms. The van der Waals surface area contributed by atoms with Gasteiger partial charge in [0.25, 0.3) is 5.91 Å². The highest BCUT2D eigenvalue weighted by Gasteiger charge is 2.36. The number of amides is 2. The van der Waals surface area contributed by atoms with Crippen LogP contribution in [0.4, 0.5) is 10.5 Å². The van der Waals surface area contributed by atoms with Gasteiger partial charge in [0.05, 0.1) is 0 Å². The third kappa shape index (κ3) is 3.34. The molecule has 1 aromatic rings. The minimum atomic E-state index is -0.838. The van der Waals surface area contributed by atoms with E-state index in [0.717, 1.165) is 50.3 Å². The maximum absolute atomic E-state index is 12.5. The van der Waals surface area contributed by atoms with Crippen LogP contribution in [0.15, 0.2) is 24.3 Å². The van der Waals surface area contributed by atoms with Gasteiger partial charge in [-0.3, -0.25) is 9.69 Å². The smallest absolute Gasteiger partial charge is 0.410 e. The molecule has 0 aliphatic carbocycles. The summed E-state index contributed by atoms with van der Waals surface area (Å²) in [5.41, 5.74) is 1.46. The van der Waals surface area contributed by atoms with E-state index >= 15 is 0 Å². The van der Waals surface area contributed by atoms with Crippen LogP contribution in [0.1, 0.15) is 24.5 Å². The Morgan fingerprint density at radius 3 is 2.56 bits per heavy atom. The lowest BCUT2D eigenvalue weighted by molar-refractivity contribution is -0.124. The Bertz CT molecular complexity index is 651. The van der Waals surface area contributed by atoms with Gasteiger partial charge >= 0.3 is 6.09 Å². The first-order valence-corrected chi connectivity index (χ1v) is 9.02. The summed E-state index contributed by atoms with van der Waals surface area (Å²) in [6.45, 7) is 5.60. The zero-order valence-electron chi connectivity index (χ0n) is 14.2. The van der Waals surface area contributed by atoms with Crippen molar-refractivity contribution >= 4 is 17.7 Å². The molecule has 0 aromatic heterocycles. The number of piperidine rings is 1. The molecule has 2 fully saturated rings. The molecule has 7 nitrogen and oxygen atoms in total. The molecule has 0 spiro atoms. The van der Waals surface area contributed by atoms with E-state index in [2.05, 4.69) is 15.5 Å². The zero-order chi connectivity index (χ0) is 17.2. The van der Waals surface area contributed by atoms with Crippen LogP contribution in [-0.2, 0) is 9.53 Å². The lowest BCUT2D eigenvalue weighted by Gasteiger charge is -2.40. The summed E-state index contributed by atoms with van der Waals surface area (Å²) in [5, 5.41) is 6.13. The quantitative estimate of drug-likeness (QED) is 0.843. The van der Waals surface area contributed by atoms with E-state index in [1.54, 1.807) is 4.90 Å². The van der Waals surface area contributed by atoms with E-state index in [1.807, 2.05) is 24.3 Å². The van der Waals surface area contributed by atoms with E-state index in [4.69, 9.17) is 4.74 Å². The number of nitrogens with one attached hydrogen (secondary N) is 2. The van der Waals surface area contributed by atoms with Gasteiger partial charge in [-0.2, -0.15) is 0 Å². The number of likely N-dealkylation sites (tertiary alicyclic amines) is 1. The number of fused-ring (bicyclic) bond motifs is 1. The van der Waals surface area contributed by atoms with Crippen molar-refractivity contribution in [2.45, 2.75) is 25.0 Å². The monoisotopic (exact) mass is 344 g/mol. The van der Waals surface area contributed by atoms with Gasteiger partial charge in [0.15, 0.2) is 0 Å². The highest BCUT2D eigenvalue weighted by molar-refractivity contribution is 6.02. The van der Waals surface area contributed by atoms with Gasteiger partial charge < -0.3 is 20.3 Å². The summed E-state index contributed by atoms with van der Waals surface area (Å²) in [5.74, 6) is -0.273. The predicted octanol–water partition coefficient (Wildman–Crippen LogP) is 1.19. The van der Waals surface area contributed by atoms with Crippen LogP contribution in [-0.4, -0.2) is 67.1 Å². The van der Waals surface area contributed by atoms with Gasteiger partial charge in [0, 0.05) is 56.6 Å². The molecule has 4 rings (SSSR count). The van der Waals surface area contributed by atoms with Crippen molar-refractivity contribution in [2.75, 3.05) is 44.6 Å². The van der Waals surface area contributed by atoms with E-state index in [-0.39, 0.29) is 5.91 Å². The minimum absolute atomic E-state index is 0.273. The normalized spacial score (nSPS) is 24.7. The van der Waals surface area contributed by atoms with Crippen LogP contribution in [0.25, 0.3) is 0 Å². The molecule has 0 radical (unpaired) electrons. The lowest BCUT2D eigenvalue weighted by atomic mass is 10.0. The Morgan fingerprint density at radius 1 is 1.08 bits per heavy atom. The highest BCUT2D eigenvalue weighted by atomic mass is 16.6. The van der Waals surface area contributed by atoms with Gasteiger partial charge in [-0.25, -0.2) is 4.79 Å². The average Bonchev–Trinajstić information content (AvgIpc) is 2.98. The van der Waals surface area contributed by atoms with E-state index in [9.17, 15) is 9.59 Å². The number of benzene rings is 1. The Hall–Kier alpha value is -2.12. The highest BCUT2D eigenvalue weighted by Crippen LogP contribution is 2.33. The Labute approximate surface area is 147 Å². The fourth-order valence-electron chi connectivity index (χ4n) is 3.93. The summed E-state index contributed by atoms with van der Waals surface area (Å²) >= 11 is 0. The van der Waals surface area contributed by atoms with Crippen LogP contribution >= 0.6 is 0 Å². The Balaban J connectivity index is 1.33. The molecule has 2 N–H and O–H groups in total. The summed E-state index contributed by atoms with van der Waals surface area (Å²) in [4.78, 5) is 28.8. The van der Waals surface area contributed by atoms with Crippen LogP contribution < -0.4 is 10.6 Å². The van der Waals surface area contributed by atoms with Crippen molar-refractivity contribution in [1.82, 2.24) is 15.1 Å². The summed E-state index contributed by atoms with van der Waals surface area (Å²) in [7, 11) is 0. The van der Waals surface area contributed by atoms with Gasteiger partial charge in [-0.1, -0.05) is 18.2 Å². The number of carbonyl (C=O) groups is 2. The number of hydrogen-bond donors (Lipinski definition) is 2. The number of para-hydroxylation sites is 1. The van der Waals surface area contributed by atoms with Gasteiger partial charge in [-0.15, -0.1) is 0 Å². The molecule has 3 aliphatic rings. The van der Waals surface area contributed by atoms with Gasteiger partial charge in [0.2, 0.25) is 6.10 Å². The number of hydrogen-bond acceptors (Lipinski definition) is 5. The summed E-state index contributed by atoms with van der Waals surface area (Å²) in [6.07, 6.45) is 0.690. The Kier molecular flexibility index (Phi) is 4.59.